The van der Waals surface area contributed by atoms with Crippen LogP contribution in [0.4, 0.5) is 0 Å². The van der Waals surface area contributed by atoms with Gasteiger partial charge in [-0.05, 0) is 45.7 Å². The Kier molecular flexibility index (Phi) is 8.58. The quantitative estimate of drug-likeness (QED) is 0.406. The molecular formula is C21H28N3O7P. The SMILES string of the molecule is CC(C)OC(=O)C(C)NP(OCC1CC[C@H](n2ccc(=O)[nH]c2=O)O1)Oc1ccccc1. The first-order valence-electron chi connectivity index (χ1n) is 10.4. The minimum atomic E-state index is -1.68. The fourth-order valence-electron chi connectivity index (χ4n) is 3.03. The summed E-state index contributed by atoms with van der Waals surface area (Å²) in [5.74, 6) is 0.197. The summed E-state index contributed by atoms with van der Waals surface area (Å²) in [6, 6.07) is 9.78. The molecule has 0 saturated carbocycles. The summed E-state index contributed by atoms with van der Waals surface area (Å²) in [5, 5.41) is 3.05. The Morgan fingerprint density at radius 3 is 2.66 bits per heavy atom. The van der Waals surface area contributed by atoms with Gasteiger partial charge in [0.15, 0.2) is 0 Å². The number of hydrogen-bond donors (Lipinski definition) is 2. The molecule has 2 heterocycles. The van der Waals surface area contributed by atoms with Crippen molar-refractivity contribution in [2.24, 2.45) is 0 Å². The molecule has 0 bridgehead atoms. The molecule has 32 heavy (non-hydrogen) atoms. The number of rotatable bonds is 10. The van der Waals surface area contributed by atoms with Gasteiger partial charge in [0, 0.05) is 12.3 Å². The molecule has 2 N–H and O–H groups in total. The van der Waals surface area contributed by atoms with Crippen LogP contribution in [-0.4, -0.2) is 40.4 Å². The number of ether oxygens (including phenoxy) is 2. The van der Waals surface area contributed by atoms with Gasteiger partial charge in [-0.1, -0.05) is 18.2 Å². The van der Waals surface area contributed by atoms with Gasteiger partial charge in [0.05, 0.1) is 18.8 Å². The smallest absolute Gasteiger partial charge is 0.330 e. The Balaban J connectivity index is 1.60. The second kappa shape index (κ2) is 11.4. The number of esters is 1. The topological polar surface area (TPSA) is 121 Å². The third-order valence-corrected chi connectivity index (χ3v) is 5.92. The van der Waals surface area contributed by atoms with Crippen molar-refractivity contribution in [3.8, 4) is 5.75 Å². The van der Waals surface area contributed by atoms with Crippen LogP contribution in [0.1, 0.15) is 39.8 Å². The van der Waals surface area contributed by atoms with Crippen LogP contribution in [0.3, 0.4) is 0 Å². The van der Waals surface area contributed by atoms with E-state index in [4.69, 9.17) is 18.5 Å². The highest BCUT2D eigenvalue weighted by atomic mass is 31.2. The highest BCUT2D eigenvalue weighted by Gasteiger charge is 2.30. The minimum absolute atomic E-state index is 0.200. The van der Waals surface area contributed by atoms with Gasteiger partial charge in [-0.15, -0.1) is 0 Å². The molecule has 1 aromatic heterocycles. The summed E-state index contributed by atoms with van der Waals surface area (Å²) >= 11 is 0. The molecule has 1 aromatic carbocycles. The molecular weight excluding hydrogens is 437 g/mol. The van der Waals surface area contributed by atoms with E-state index in [1.807, 2.05) is 18.2 Å². The standard InChI is InChI=1S/C21H28N3O7P/c1-14(2)29-20(26)15(3)23-32(31-16-7-5-4-6-8-16)28-13-17-9-10-19(30-17)24-12-11-18(25)22-21(24)27/h4-8,11-12,14-15,17,19,23H,9-10,13H2,1-3H3,(H,22,25,27)/t15?,17?,19-,32?/m1/s1. The number of benzene rings is 1. The number of H-pyrrole nitrogens is 1. The molecule has 0 aliphatic carbocycles. The van der Waals surface area contributed by atoms with Gasteiger partial charge < -0.3 is 18.5 Å². The third-order valence-electron chi connectivity index (χ3n) is 4.56. The van der Waals surface area contributed by atoms with E-state index in [-0.39, 0.29) is 18.8 Å². The van der Waals surface area contributed by atoms with E-state index in [1.54, 1.807) is 32.9 Å². The summed E-state index contributed by atoms with van der Waals surface area (Å²) in [4.78, 5) is 37.7. The van der Waals surface area contributed by atoms with E-state index in [2.05, 4.69) is 10.1 Å². The summed E-state index contributed by atoms with van der Waals surface area (Å²) < 4.78 is 24.4. The molecule has 1 fully saturated rings. The Morgan fingerprint density at radius 1 is 1.22 bits per heavy atom. The molecule has 10 nitrogen and oxygen atoms in total. The van der Waals surface area contributed by atoms with E-state index in [0.29, 0.717) is 18.6 Å². The maximum absolute atomic E-state index is 12.2. The number of carbonyl (C=O) groups excluding carboxylic acids is 1. The number of para-hydroxylation sites is 1. The lowest BCUT2D eigenvalue weighted by atomic mass is 10.2. The van der Waals surface area contributed by atoms with Crippen LogP contribution in [-0.2, 0) is 18.8 Å². The monoisotopic (exact) mass is 465 g/mol. The van der Waals surface area contributed by atoms with Gasteiger partial charge in [-0.3, -0.25) is 19.1 Å². The molecule has 0 spiro atoms. The van der Waals surface area contributed by atoms with Crippen LogP contribution in [0.15, 0.2) is 52.2 Å². The Labute approximate surface area is 186 Å². The first-order chi connectivity index (χ1) is 15.3. The van der Waals surface area contributed by atoms with Gasteiger partial charge >= 0.3 is 20.2 Å². The molecule has 3 rings (SSSR count). The predicted octanol–water partition coefficient (Wildman–Crippen LogP) is 2.47. The van der Waals surface area contributed by atoms with E-state index in [1.165, 1.54) is 16.8 Å². The van der Waals surface area contributed by atoms with Crippen LogP contribution >= 0.6 is 8.53 Å². The fraction of sp³-hybridized carbons (Fsp3) is 0.476. The van der Waals surface area contributed by atoms with Crippen molar-refractivity contribution in [2.75, 3.05) is 6.61 Å². The fourth-order valence-corrected chi connectivity index (χ4v) is 4.25. The first-order valence-corrected chi connectivity index (χ1v) is 11.6. The average molecular weight is 465 g/mol. The molecule has 11 heteroatoms. The van der Waals surface area contributed by atoms with Crippen LogP contribution in [0, 0.1) is 0 Å². The van der Waals surface area contributed by atoms with Crippen molar-refractivity contribution < 1.29 is 23.3 Å². The van der Waals surface area contributed by atoms with Gasteiger partial charge in [0.1, 0.15) is 18.0 Å². The van der Waals surface area contributed by atoms with E-state index < -0.39 is 38.0 Å². The van der Waals surface area contributed by atoms with Gasteiger partial charge in [0.25, 0.3) is 5.56 Å². The second-order valence-electron chi connectivity index (χ2n) is 7.60. The summed E-state index contributed by atoms with van der Waals surface area (Å²) in [6.07, 6.45) is 1.70. The van der Waals surface area contributed by atoms with Crippen molar-refractivity contribution in [2.45, 2.75) is 58.1 Å². The normalized spacial score (nSPS) is 20.1. The van der Waals surface area contributed by atoms with Crippen molar-refractivity contribution in [1.82, 2.24) is 14.6 Å². The zero-order chi connectivity index (χ0) is 23.1. The Hall–Kier alpha value is -2.52. The van der Waals surface area contributed by atoms with Crippen LogP contribution in [0.2, 0.25) is 0 Å². The number of hydrogen-bond acceptors (Lipinski definition) is 8. The maximum Gasteiger partial charge on any atom is 0.330 e. The largest absolute Gasteiger partial charge is 0.462 e. The predicted molar refractivity (Wildman–Crippen MR) is 118 cm³/mol. The number of nitrogens with zero attached hydrogens (tertiary/aromatic N) is 1. The molecule has 1 aliphatic heterocycles. The molecule has 1 saturated heterocycles. The highest BCUT2D eigenvalue weighted by molar-refractivity contribution is 7.45. The Bertz CT molecular complexity index is 995. The molecule has 3 unspecified atom stereocenters. The lowest BCUT2D eigenvalue weighted by Gasteiger charge is -2.23. The number of carbonyl (C=O) groups is 1. The summed E-state index contributed by atoms with van der Waals surface area (Å²) in [7, 11) is -1.68. The zero-order valence-corrected chi connectivity index (χ0v) is 19.1. The van der Waals surface area contributed by atoms with Gasteiger partial charge in [0.2, 0.25) is 0 Å². The van der Waals surface area contributed by atoms with Gasteiger partial charge in [-0.25, -0.2) is 9.88 Å². The molecule has 4 atom stereocenters. The van der Waals surface area contributed by atoms with Crippen molar-refractivity contribution in [3.05, 3.63) is 63.4 Å². The lowest BCUT2D eigenvalue weighted by molar-refractivity contribution is -0.149. The van der Waals surface area contributed by atoms with Crippen molar-refractivity contribution >= 4 is 14.5 Å². The maximum atomic E-state index is 12.2. The van der Waals surface area contributed by atoms with E-state index in [9.17, 15) is 14.4 Å². The van der Waals surface area contributed by atoms with Crippen molar-refractivity contribution in [1.29, 1.82) is 0 Å². The molecule has 0 amide bonds. The lowest BCUT2D eigenvalue weighted by Crippen LogP contribution is -2.35. The van der Waals surface area contributed by atoms with E-state index >= 15 is 0 Å². The second-order valence-corrected chi connectivity index (χ2v) is 8.81. The molecule has 174 valence electrons. The Morgan fingerprint density at radius 2 is 1.97 bits per heavy atom. The number of aromatic amines is 1. The number of nitrogens with one attached hydrogen (secondary N) is 2. The van der Waals surface area contributed by atoms with Crippen LogP contribution in [0.25, 0.3) is 0 Å². The molecule has 2 aromatic rings. The summed E-state index contributed by atoms with van der Waals surface area (Å²) in [5.41, 5.74) is -0.970. The zero-order valence-electron chi connectivity index (χ0n) is 18.2. The highest BCUT2D eigenvalue weighted by Crippen LogP contribution is 2.38. The third kappa shape index (κ3) is 7.00. The van der Waals surface area contributed by atoms with Crippen LogP contribution < -0.4 is 20.9 Å². The molecule has 0 radical (unpaired) electrons. The first kappa shape index (κ1) is 24.1. The van der Waals surface area contributed by atoms with Crippen LogP contribution in [0.5, 0.6) is 5.75 Å². The summed E-state index contributed by atoms with van der Waals surface area (Å²) in [6.45, 7) is 5.45. The van der Waals surface area contributed by atoms with E-state index in [0.717, 1.165) is 0 Å². The minimum Gasteiger partial charge on any atom is -0.462 e. The van der Waals surface area contributed by atoms with Crippen molar-refractivity contribution in [3.63, 3.8) is 0 Å². The molecule has 1 aliphatic rings. The number of aromatic nitrogens is 2. The average Bonchev–Trinajstić information content (AvgIpc) is 3.21. The van der Waals surface area contributed by atoms with Gasteiger partial charge in [-0.2, -0.15) is 0 Å².